The number of hydrogen-bond donors (Lipinski definition) is 3. The van der Waals surface area contributed by atoms with Crippen LogP contribution in [0.1, 0.15) is 36.9 Å². The minimum Gasteiger partial charge on any atom is -0.392 e. The first-order valence-corrected chi connectivity index (χ1v) is 9.86. The van der Waals surface area contributed by atoms with Gasteiger partial charge in [-0.25, -0.2) is 4.98 Å². The van der Waals surface area contributed by atoms with Crippen LogP contribution in [0.4, 0.5) is 5.95 Å². The van der Waals surface area contributed by atoms with E-state index in [1.54, 1.807) is 6.92 Å². The molecule has 1 aromatic heterocycles. The maximum absolute atomic E-state index is 12.9. The maximum Gasteiger partial charge on any atom is 0.240 e. The second-order valence-electron chi connectivity index (χ2n) is 7.45. The summed E-state index contributed by atoms with van der Waals surface area (Å²) in [5.41, 5.74) is 4.28. The molecule has 0 bridgehead atoms. The first kappa shape index (κ1) is 18.5. The standard InChI is InChI=1S/C22H26N4O2/c1-15(27)13-23-22-25-19-10-4-5-12-20(19)26(22)14-21(28)24-18-11-6-8-16-7-2-3-9-17(16)18/h2-5,7,9-10,12,15,18,27H,6,8,11,13-14H2,1H3,(H,23,25)(H,24,28)/t15-,18+/m1/s1. The SMILES string of the molecule is C[C@@H](O)CNc1nc2ccccc2n1CC(=O)N[C@H]1CCCc2ccccc21. The van der Waals surface area contributed by atoms with Gasteiger partial charge in [0, 0.05) is 6.54 Å². The van der Waals surface area contributed by atoms with Crippen LogP contribution in [0.25, 0.3) is 11.0 Å². The summed E-state index contributed by atoms with van der Waals surface area (Å²) in [5.74, 6) is 0.561. The Morgan fingerprint density at radius 1 is 1.25 bits per heavy atom. The molecule has 6 nitrogen and oxygen atoms in total. The number of aryl methyl sites for hydroxylation is 1. The van der Waals surface area contributed by atoms with Gasteiger partial charge in [-0.05, 0) is 49.4 Å². The van der Waals surface area contributed by atoms with Crippen molar-refractivity contribution in [2.75, 3.05) is 11.9 Å². The Bertz CT molecular complexity index is 980. The number of carbonyl (C=O) groups is 1. The molecule has 1 amide bonds. The average Bonchev–Trinajstić information content (AvgIpc) is 3.04. The molecule has 1 aliphatic rings. The van der Waals surface area contributed by atoms with Gasteiger partial charge in [0.1, 0.15) is 6.54 Å². The van der Waals surface area contributed by atoms with Gasteiger partial charge in [-0.3, -0.25) is 4.79 Å². The van der Waals surface area contributed by atoms with E-state index < -0.39 is 6.10 Å². The molecule has 0 fully saturated rings. The van der Waals surface area contributed by atoms with Crippen molar-refractivity contribution in [1.82, 2.24) is 14.9 Å². The van der Waals surface area contributed by atoms with Gasteiger partial charge in [0.2, 0.25) is 11.9 Å². The van der Waals surface area contributed by atoms with Crippen LogP contribution < -0.4 is 10.6 Å². The van der Waals surface area contributed by atoms with Gasteiger partial charge in [-0.2, -0.15) is 0 Å². The summed E-state index contributed by atoms with van der Waals surface area (Å²) in [5, 5.41) is 15.9. The lowest BCUT2D eigenvalue weighted by Gasteiger charge is -2.26. The highest BCUT2D eigenvalue weighted by Gasteiger charge is 2.22. The fraction of sp³-hybridized carbons (Fsp3) is 0.364. The van der Waals surface area contributed by atoms with E-state index in [0.29, 0.717) is 12.5 Å². The van der Waals surface area contributed by atoms with Crippen molar-refractivity contribution in [2.45, 2.75) is 44.9 Å². The number of para-hydroxylation sites is 2. The molecule has 0 saturated carbocycles. The number of amides is 1. The van der Waals surface area contributed by atoms with E-state index in [0.717, 1.165) is 30.3 Å². The zero-order valence-corrected chi connectivity index (χ0v) is 16.1. The Morgan fingerprint density at radius 3 is 2.89 bits per heavy atom. The number of imidazole rings is 1. The first-order valence-electron chi connectivity index (χ1n) is 9.86. The molecule has 1 heterocycles. The fourth-order valence-electron chi connectivity index (χ4n) is 3.90. The summed E-state index contributed by atoms with van der Waals surface area (Å²) in [6.07, 6.45) is 2.61. The molecule has 146 valence electrons. The number of aliphatic hydroxyl groups excluding tert-OH is 1. The molecule has 0 aliphatic heterocycles. The molecule has 3 aromatic rings. The van der Waals surface area contributed by atoms with Crippen LogP contribution in [0.5, 0.6) is 0 Å². The van der Waals surface area contributed by atoms with Gasteiger partial charge in [-0.15, -0.1) is 0 Å². The highest BCUT2D eigenvalue weighted by atomic mass is 16.3. The van der Waals surface area contributed by atoms with Crippen LogP contribution in [0.2, 0.25) is 0 Å². The number of aromatic nitrogens is 2. The van der Waals surface area contributed by atoms with Gasteiger partial charge in [-0.1, -0.05) is 36.4 Å². The third kappa shape index (κ3) is 3.87. The van der Waals surface area contributed by atoms with Crippen molar-refractivity contribution < 1.29 is 9.90 Å². The summed E-state index contributed by atoms with van der Waals surface area (Å²) in [6.45, 7) is 2.27. The predicted molar refractivity (Wildman–Crippen MR) is 110 cm³/mol. The summed E-state index contributed by atoms with van der Waals surface area (Å²) in [7, 11) is 0. The summed E-state index contributed by atoms with van der Waals surface area (Å²) in [4.78, 5) is 17.5. The van der Waals surface area contributed by atoms with Gasteiger partial charge < -0.3 is 20.3 Å². The molecule has 1 aliphatic carbocycles. The fourth-order valence-corrected chi connectivity index (χ4v) is 3.90. The zero-order valence-electron chi connectivity index (χ0n) is 16.1. The maximum atomic E-state index is 12.9. The van der Waals surface area contributed by atoms with E-state index >= 15 is 0 Å². The van der Waals surface area contributed by atoms with Crippen LogP contribution in [0, 0.1) is 0 Å². The van der Waals surface area contributed by atoms with Crippen molar-refractivity contribution in [3.63, 3.8) is 0 Å². The Hall–Kier alpha value is -2.86. The summed E-state index contributed by atoms with van der Waals surface area (Å²) < 4.78 is 1.88. The predicted octanol–water partition coefficient (Wildman–Crippen LogP) is 3.02. The van der Waals surface area contributed by atoms with Crippen LogP contribution in [-0.2, 0) is 17.8 Å². The van der Waals surface area contributed by atoms with E-state index in [9.17, 15) is 9.90 Å². The number of carbonyl (C=O) groups excluding carboxylic acids is 1. The molecular formula is C22H26N4O2. The monoisotopic (exact) mass is 378 g/mol. The number of nitrogens with zero attached hydrogens (tertiary/aromatic N) is 2. The van der Waals surface area contributed by atoms with E-state index in [4.69, 9.17) is 0 Å². The second-order valence-corrected chi connectivity index (χ2v) is 7.45. The number of nitrogens with one attached hydrogen (secondary N) is 2. The quantitative estimate of drug-likeness (QED) is 0.616. The third-order valence-corrected chi connectivity index (χ3v) is 5.22. The Kier molecular flexibility index (Phi) is 5.30. The van der Waals surface area contributed by atoms with Crippen LogP contribution in [0.15, 0.2) is 48.5 Å². The largest absolute Gasteiger partial charge is 0.392 e. The highest BCUT2D eigenvalue weighted by molar-refractivity contribution is 5.83. The van der Waals surface area contributed by atoms with Crippen LogP contribution in [-0.4, -0.2) is 33.2 Å². The van der Waals surface area contributed by atoms with E-state index in [-0.39, 0.29) is 18.5 Å². The minimum absolute atomic E-state index is 0.0371. The molecular weight excluding hydrogens is 352 g/mol. The highest BCUT2D eigenvalue weighted by Crippen LogP contribution is 2.29. The molecule has 6 heteroatoms. The number of hydrogen-bond acceptors (Lipinski definition) is 4. The molecule has 2 atom stereocenters. The Morgan fingerprint density at radius 2 is 2.04 bits per heavy atom. The lowest BCUT2D eigenvalue weighted by Crippen LogP contribution is -2.33. The van der Waals surface area contributed by atoms with Gasteiger partial charge >= 0.3 is 0 Å². The number of anilines is 1. The lowest BCUT2D eigenvalue weighted by molar-refractivity contribution is -0.122. The molecule has 3 N–H and O–H groups in total. The average molecular weight is 378 g/mol. The van der Waals surface area contributed by atoms with Crippen molar-refractivity contribution in [2.24, 2.45) is 0 Å². The lowest BCUT2D eigenvalue weighted by atomic mass is 9.88. The molecule has 2 aromatic carbocycles. The Labute approximate surface area is 164 Å². The molecule has 28 heavy (non-hydrogen) atoms. The molecule has 4 rings (SSSR count). The Balaban J connectivity index is 1.55. The van der Waals surface area contributed by atoms with Crippen LogP contribution >= 0.6 is 0 Å². The number of fused-ring (bicyclic) bond motifs is 2. The van der Waals surface area contributed by atoms with Gasteiger partial charge in [0.05, 0.1) is 23.2 Å². The smallest absolute Gasteiger partial charge is 0.240 e. The van der Waals surface area contributed by atoms with Crippen molar-refractivity contribution in [3.8, 4) is 0 Å². The third-order valence-electron chi connectivity index (χ3n) is 5.22. The van der Waals surface area contributed by atoms with E-state index in [2.05, 4.69) is 33.8 Å². The van der Waals surface area contributed by atoms with Crippen molar-refractivity contribution >= 4 is 22.9 Å². The minimum atomic E-state index is -0.499. The van der Waals surface area contributed by atoms with Crippen molar-refractivity contribution in [1.29, 1.82) is 0 Å². The zero-order chi connectivity index (χ0) is 19.5. The normalized spacial score (nSPS) is 17.1. The molecule has 0 radical (unpaired) electrons. The molecule has 0 spiro atoms. The summed E-state index contributed by atoms with van der Waals surface area (Å²) in [6, 6.07) is 16.2. The number of rotatable bonds is 6. The second kappa shape index (κ2) is 8.02. The van der Waals surface area contributed by atoms with E-state index in [1.165, 1.54) is 11.1 Å². The number of benzene rings is 2. The molecule has 0 saturated heterocycles. The summed E-state index contributed by atoms with van der Waals surface area (Å²) >= 11 is 0. The number of aliphatic hydroxyl groups is 1. The first-order chi connectivity index (χ1) is 13.6. The van der Waals surface area contributed by atoms with Gasteiger partial charge in [0.25, 0.3) is 0 Å². The van der Waals surface area contributed by atoms with Crippen molar-refractivity contribution in [3.05, 3.63) is 59.7 Å². The van der Waals surface area contributed by atoms with E-state index in [1.807, 2.05) is 34.9 Å². The van der Waals surface area contributed by atoms with Crippen LogP contribution in [0.3, 0.4) is 0 Å². The molecule has 0 unspecified atom stereocenters. The topological polar surface area (TPSA) is 79.2 Å². The van der Waals surface area contributed by atoms with Gasteiger partial charge in [0.15, 0.2) is 0 Å².